The van der Waals surface area contributed by atoms with Crippen LogP contribution in [0.5, 0.6) is 0 Å². The number of alkyl halides is 1. The number of benzene rings is 1. The summed E-state index contributed by atoms with van der Waals surface area (Å²) in [7, 11) is 0. The lowest BCUT2D eigenvalue weighted by Gasteiger charge is -2.21. The van der Waals surface area contributed by atoms with E-state index < -0.39 is 0 Å². The van der Waals surface area contributed by atoms with Crippen LogP contribution in [0.3, 0.4) is 0 Å². The summed E-state index contributed by atoms with van der Waals surface area (Å²) in [6.45, 7) is 6.10. The SMILES string of the molecule is CC(C(=O)NC(C)C(C)CBr)c1ccccc1. The van der Waals surface area contributed by atoms with Crippen LogP contribution in [0.15, 0.2) is 30.3 Å². The van der Waals surface area contributed by atoms with Crippen molar-refractivity contribution < 1.29 is 4.79 Å². The van der Waals surface area contributed by atoms with E-state index in [1.54, 1.807) is 0 Å². The molecule has 1 N–H and O–H groups in total. The summed E-state index contributed by atoms with van der Waals surface area (Å²) < 4.78 is 0. The first-order valence-electron chi connectivity index (χ1n) is 5.97. The summed E-state index contributed by atoms with van der Waals surface area (Å²) in [5, 5.41) is 3.96. The van der Waals surface area contributed by atoms with Gasteiger partial charge in [-0.25, -0.2) is 0 Å². The first-order chi connectivity index (χ1) is 8.06. The smallest absolute Gasteiger partial charge is 0.227 e. The van der Waals surface area contributed by atoms with E-state index in [1.807, 2.05) is 44.2 Å². The van der Waals surface area contributed by atoms with Gasteiger partial charge in [0.05, 0.1) is 5.92 Å². The molecule has 0 saturated heterocycles. The van der Waals surface area contributed by atoms with E-state index in [2.05, 4.69) is 28.2 Å². The second-order valence-corrected chi connectivity index (χ2v) is 5.21. The highest BCUT2D eigenvalue weighted by Crippen LogP contribution is 2.15. The highest BCUT2D eigenvalue weighted by Gasteiger charge is 2.19. The number of halogens is 1. The Hall–Kier alpha value is -0.830. The molecule has 0 aromatic heterocycles. The van der Waals surface area contributed by atoms with Crippen LogP contribution in [0.25, 0.3) is 0 Å². The molecule has 0 heterocycles. The van der Waals surface area contributed by atoms with E-state index in [9.17, 15) is 4.79 Å². The third-order valence-electron chi connectivity index (χ3n) is 3.16. The predicted molar refractivity (Wildman–Crippen MR) is 75.4 cm³/mol. The number of nitrogens with one attached hydrogen (secondary N) is 1. The molecular formula is C14H20BrNO. The molecule has 3 unspecified atom stereocenters. The molecule has 1 aromatic rings. The largest absolute Gasteiger partial charge is 0.353 e. The minimum atomic E-state index is -0.0961. The molecule has 0 bridgehead atoms. The Labute approximate surface area is 112 Å². The van der Waals surface area contributed by atoms with Crippen molar-refractivity contribution in [1.29, 1.82) is 0 Å². The Morgan fingerprint density at radius 1 is 1.24 bits per heavy atom. The maximum absolute atomic E-state index is 12.0. The van der Waals surface area contributed by atoms with Crippen molar-refractivity contribution in [1.82, 2.24) is 5.32 Å². The zero-order valence-corrected chi connectivity index (χ0v) is 12.2. The van der Waals surface area contributed by atoms with Gasteiger partial charge in [0.1, 0.15) is 0 Å². The second-order valence-electron chi connectivity index (χ2n) is 4.56. The van der Waals surface area contributed by atoms with Crippen LogP contribution in [0.1, 0.15) is 32.3 Å². The van der Waals surface area contributed by atoms with E-state index >= 15 is 0 Å². The van der Waals surface area contributed by atoms with Gasteiger partial charge < -0.3 is 5.32 Å². The van der Waals surface area contributed by atoms with Crippen molar-refractivity contribution in [3.8, 4) is 0 Å². The Balaban J connectivity index is 2.59. The maximum atomic E-state index is 12.0. The van der Waals surface area contributed by atoms with Crippen LogP contribution in [0.2, 0.25) is 0 Å². The third kappa shape index (κ3) is 4.15. The minimum Gasteiger partial charge on any atom is -0.353 e. The second kappa shape index (κ2) is 6.80. The monoisotopic (exact) mass is 297 g/mol. The number of hydrogen-bond acceptors (Lipinski definition) is 1. The topological polar surface area (TPSA) is 29.1 Å². The van der Waals surface area contributed by atoms with Gasteiger partial charge in [-0.1, -0.05) is 53.2 Å². The van der Waals surface area contributed by atoms with Crippen molar-refractivity contribution in [2.24, 2.45) is 5.92 Å². The van der Waals surface area contributed by atoms with Gasteiger partial charge in [-0.3, -0.25) is 4.79 Å². The molecule has 17 heavy (non-hydrogen) atoms. The molecule has 1 aromatic carbocycles. The van der Waals surface area contributed by atoms with E-state index in [1.165, 1.54) is 0 Å². The summed E-state index contributed by atoms with van der Waals surface area (Å²) in [4.78, 5) is 12.0. The average Bonchev–Trinajstić information content (AvgIpc) is 2.37. The van der Waals surface area contributed by atoms with Gasteiger partial charge in [0.25, 0.3) is 0 Å². The molecule has 0 radical (unpaired) electrons. The normalized spacial score (nSPS) is 16.0. The molecule has 0 aliphatic rings. The van der Waals surface area contributed by atoms with Gasteiger partial charge in [0, 0.05) is 11.4 Å². The molecule has 0 fully saturated rings. The van der Waals surface area contributed by atoms with Crippen LogP contribution in [0, 0.1) is 5.92 Å². The number of rotatable bonds is 5. The van der Waals surface area contributed by atoms with Crippen LogP contribution in [0.4, 0.5) is 0 Å². The fourth-order valence-corrected chi connectivity index (χ4v) is 2.08. The predicted octanol–water partition coefficient (Wildman–Crippen LogP) is 3.33. The van der Waals surface area contributed by atoms with Gasteiger partial charge in [-0.2, -0.15) is 0 Å². The first-order valence-corrected chi connectivity index (χ1v) is 7.09. The quantitative estimate of drug-likeness (QED) is 0.830. The Bertz CT molecular complexity index is 352. The highest BCUT2D eigenvalue weighted by atomic mass is 79.9. The molecule has 0 aliphatic heterocycles. The van der Waals surface area contributed by atoms with E-state index in [0.29, 0.717) is 5.92 Å². The molecule has 0 aliphatic carbocycles. The van der Waals surface area contributed by atoms with E-state index in [4.69, 9.17) is 0 Å². The summed E-state index contributed by atoms with van der Waals surface area (Å²) in [5.41, 5.74) is 1.06. The third-order valence-corrected chi connectivity index (χ3v) is 4.18. The zero-order chi connectivity index (χ0) is 12.8. The lowest BCUT2D eigenvalue weighted by Crippen LogP contribution is -2.39. The fraction of sp³-hybridized carbons (Fsp3) is 0.500. The molecule has 3 atom stereocenters. The Morgan fingerprint density at radius 3 is 2.35 bits per heavy atom. The van der Waals surface area contributed by atoms with Gasteiger partial charge in [-0.05, 0) is 25.3 Å². The zero-order valence-electron chi connectivity index (χ0n) is 10.6. The van der Waals surface area contributed by atoms with Gasteiger partial charge >= 0.3 is 0 Å². The standard InChI is InChI=1S/C14H20BrNO/c1-10(9-15)12(3)16-14(17)11(2)13-7-5-4-6-8-13/h4-8,10-12H,9H2,1-3H3,(H,16,17). The molecular weight excluding hydrogens is 278 g/mol. The molecule has 1 amide bonds. The lowest BCUT2D eigenvalue weighted by atomic mass is 9.99. The average molecular weight is 298 g/mol. The van der Waals surface area contributed by atoms with Crippen LogP contribution < -0.4 is 5.32 Å². The molecule has 2 nitrogen and oxygen atoms in total. The number of amides is 1. The summed E-state index contributed by atoms with van der Waals surface area (Å²) in [6.07, 6.45) is 0. The van der Waals surface area contributed by atoms with Crippen molar-refractivity contribution in [2.45, 2.75) is 32.7 Å². The summed E-state index contributed by atoms with van der Waals surface area (Å²) in [5.74, 6) is 0.430. The van der Waals surface area contributed by atoms with Crippen LogP contribution in [-0.2, 0) is 4.79 Å². The van der Waals surface area contributed by atoms with Gasteiger partial charge in [-0.15, -0.1) is 0 Å². The van der Waals surface area contributed by atoms with Gasteiger partial charge in [0.2, 0.25) is 5.91 Å². The Kier molecular flexibility index (Phi) is 5.69. The van der Waals surface area contributed by atoms with E-state index in [0.717, 1.165) is 10.9 Å². The molecule has 3 heteroatoms. The number of hydrogen-bond donors (Lipinski definition) is 1. The minimum absolute atomic E-state index is 0.0940. The molecule has 0 saturated carbocycles. The maximum Gasteiger partial charge on any atom is 0.227 e. The molecule has 1 rings (SSSR count). The van der Waals surface area contributed by atoms with Crippen LogP contribution in [-0.4, -0.2) is 17.3 Å². The molecule has 94 valence electrons. The number of carbonyl (C=O) groups is 1. The Morgan fingerprint density at radius 2 is 1.82 bits per heavy atom. The van der Waals surface area contributed by atoms with E-state index in [-0.39, 0.29) is 17.9 Å². The summed E-state index contributed by atoms with van der Waals surface area (Å²) in [6, 6.07) is 10.1. The lowest BCUT2D eigenvalue weighted by molar-refractivity contribution is -0.123. The van der Waals surface area contributed by atoms with Crippen molar-refractivity contribution >= 4 is 21.8 Å². The summed E-state index contributed by atoms with van der Waals surface area (Å²) >= 11 is 3.44. The van der Waals surface area contributed by atoms with Crippen molar-refractivity contribution in [2.75, 3.05) is 5.33 Å². The highest BCUT2D eigenvalue weighted by molar-refractivity contribution is 9.09. The van der Waals surface area contributed by atoms with Crippen molar-refractivity contribution in [3.63, 3.8) is 0 Å². The first kappa shape index (κ1) is 14.2. The van der Waals surface area contributed by atoms with Crippen molar-refractivity contribution in [3.05, 3.63) is 35.9 Å². The number of carbonyl (C=O) groups excluding carboxylic acids is 1. The fourth-order valence-electron chi connectivity index (χ4n) is 1.52. The molecule has 0 spiro atoms. The van der Waals surface area contributed by atoms with Crippen LogP contribution >= 0.6 is 15.9 Å². The van der Waals surface area contributed by atoms with Gasteiger partial charge in [0.15, 0.2) is 0 Å².